The van der Waals surface area contributed by atoms with Crippen molar-refractivity contribution in [3.05, 3.63) is 0 Å². The third-order valence-corrected chi connectivity index (χ3v) is 4.68. The first-order chi connectivity index (χ1) is 8.01. The van der Waals surface area contributed by atoms with Crippen LogP contribution in [0.25, 0.3) is 0 Å². The standard InChI is InChI=1S/C11H24O4P2/c1-8(12-16-5)6-9(2)13-17-14-10(3)7-11(4)15-17/h8-11,16H,6-7H2,1-5H3. The van der Waals surface area contributed by atoms with Crippen molar-refractivity contribution in [3.8, 4) is 0 Å². The molecule has 102 valence electrons. The molecule has 0 bridgehead atoms. The summed E-state index contributed by atoms with van der Waals surface area (Å²) in [4.78, 5) is 0. The van der Waals surface area contributed by atoms with Crippen LogP contribution in [0.2, 0.25) is 0 Å². The molecule has 0 spiro atoms. The molecule has 1 aliphatic rings. The van der Waals surface area contributed by atoms with E-state index in [9.17, 15) is 0 Å². The van der Waals surface area contributed by atoms with Crippen molar-refractivity contribution in [1.82, 2.24) is 0 Å². The van der Waals surface area contributed by atoms with Gasteiger partial charge in [0.05, 0.1) is 24.4 Å². The molecule has 0 amide bonds. The number of hydrogen-bond acceptors (Lipinski definition) is 4. The molecule has 1 rings (SSSR count). The second-order valence-corrected chi connectivity index (χ2v) is 6.30. The molecule has 6 heteroatoms. The first-order valence-electron chi connectivity index (χ1n) is 6.14. The van der Waals surface area contributed by atoms with Gasteiger partial charge in [-0.2, -0.15) is 0 Å². The zero-order valence-corrected chi connectivity index (χ0v) is 13.2. The zero-order valence-electron chi connectivity index (χ0n) is 11.3. The Morgan fingerprint density at radius 3 is 2.35 bits per heavy atom. The van der Waals surface area contributed by atoms with Crippen LogP contribution in [0.1, 0.15) is 40.5 Å². The number of rotatable bonds is 6. The lowest BCUT2D eigenvalue weighted by Crippen LogP contribution is -2.25. The molecule has 4 nitrogen and oxygen atoms in total. The molecule has 1 fully saturated rings. The fourth-order valence-electron chi connectivity index (χ4n) is 1.83. The van der Waals surface area contributed by atoms with Crippen LogP contribution in [0.3, 0.4) is 0 Å². The van der Waals surface area contributed by atoms with Gasteiger partial charge >= 0.3 is 8.60 Å². The van der Waals surface area contributed by atoms with Gasteiger partial charge in [0.15, 0.2) is 0 Å². The molecule has 1 saturated heterocycles. The van der Waals surface area contributed by atoms with E-state index in [0.29, 0.717) is 8.81 Å². The van der Waals surface area contributed by atoms with Gasteiger partial charge in [0.25, 0.3) is 0 Å². The van der Waals surface area contributed by atoms with Crippen LogP contribution in [0, 0.1) is 0 Å². The highest BCUT2D eigenvalue weighted by molar-refractivity contribution is 7.41. The van der Waals surface area contributed by atoms with Crippen LogP contribution in [0.4, 0.5) is 0 Å². The van der Waals surface area contributed by atoms with Crippen LogP contribution in [0.5, 0.6) is 0 Å². The van der Waals surface area contributed by atoms with Gasteiger partial charge in [-0.1, -0.05) is 0 Å². The summed E-state index contributed by atoms with van der Waals surface area (Å²) >= 11 is 0. The summed E-state index contributed by atoms with van der Waals surface area (Å²) in [5.41, 5.74) is 0. The maximum Gasteiger partial charge on any atom is 0.333 e. The second kappa shape index (κ2) is 7.99. The summed E-state index contributed by atoms with van der Waals surface area (Å²) < 4.78 is 22.6. The minimum Gasteiger partial charge on any atom is -0.360 e. The average Bonchev–Trinajstić information content (AvgIpc) is 2.14. The Hall–Kier alpha value is 0.700. The summed E-state index contributed by atoms with van der Waals surface area (Å²) in [6.45, 7) is 10.3. The molecular weight excluding hydrogens is 258 g/mol. The molecule has 1 aliphatic heterocycles. The molecule has 0 aromatic heterocycles. The first kappa shape index (κ1) is 15.8. The average molecular weight is 282 g/mol. The van der Waals surface area contributed by atoms with Crippen LogP contribution < -0.4 is 0 Å². The van der Waals surface area contributed by atoms with Crippen molar-refractivity contribution in [2.75, 3.05) is 6.66 Å². The Balaban J connectivity index is 2.27. The lowest BCUT2D eigenvalue weighted by Gasteiger charge is -2.32. The third kappa shape index (κ3) is 6.42. The monoisotopic (exact) mass is 282 g/mol. The minimum atomic E-state index is -1.18. The lowest BCUT2D eigenvalue weighted by molar-refractivity contribution is 0.0151. The molecule has 0 saturated carbocycles. The summed E-state index contributed by atoms with van der Waals surface area (Å²) in [7, 11) is -0.659. The quantitative estimate of drug-likeness (QED) is 0.693. The summed E-state index contributed by atoms with van der Waals surface area (Å²) in [5, 5.41) is 0. The molecule has 17 heavy (non-hydrogen) atoms. The molecule has 1 heterocycles. The summed E-state index contributed by atoms with van der Waals surface area (Å²) in [6, 6.07) is 0. The fraction of sp³-hybridized carbons (Fsp3) is 1.00. The van der Waals surface area contributed by atoms with Gasteiger partial charge in [-0.05, 0) is 34.4 Å². The largest absolute Gasteiger partial charge is 0.360 e. The van der Waals surface area contributed by atoms with Gasteiger partial charge in [-0.3, -0.25) is 0 Å². The van der Waals surface area contributed by atoms with Crippen LogP contribution in [-0.2, 0) is 18.1 Å². The third-order valence-electron chi connectivity index (χ3n) is 2.44. The van der Waals surface area contributed by atoms with Gasteiger partial charge in [0.2, 0.25) is 0 Å². The molecule has 0 aliphatic carbocycles. The molecule has 5 unspecified atom stereocenters. The van der Waals surface area contributed by atoms with Gasteiger partial charge in [0, 0.05) is 21.6 Å². The predicted molar refractivity (Wildman–Crippen MR) is 72.6 cm³/mol. The molecule has 0 aromatic carbocycles. The Morgan fingerprint density at radius 1 is 1.24 bits per heavy atom. The smallest absolute Gasteiger partial charge is 0.333 e. The van der Waals surface area contributed by atoms with Crippen molar-refractivity contribution >= 4 is 17.4 Å². The summed E-state index contributed by atoms with van der Waals surface area (Å²) in [5.74, 6) is 0. The highest BCUT2D eigenvalue weighted by Crippen LogP contribution is 2.48. The minimum absolute atomic E-state index is 0.102. The first-order valence-corrected chi connectivity index (χ1v) is 8.64. The Morgan fingerprint density at radius 2 is 1.82 bits per heavy atom. The Kier molecular flexibility index (Phi) is 7.40. The second-order valence-electron chi connectivity index (χ2n) is 4.58. The van der Waals surface area contributed by atoms with Crippen molar-refractivity contribution < 1.29 is 18.1 Å². The van der Waals surface area contributed by atoms with Crippen LogP contribution in [-0.4, -0.2) is 31.1 Å². The summed E-state index contributed by atoms with van der Waals surface area (Å²) in [6.07, 6.45) is 2.58. The topological polar surface area (TPSA) is 36.9 Å². The highest BCUT2D eigenvalue weighted by atomic mass is 31.2. The molecular formula is C11H24O4P2. The van der Waals surface area contributed by atoms with E-state index in [2.05, 4.69) is 20.8 Å². The SMILES string of the molecule is CPOC(C)CC(C)OP1OC(C)CC(C)O1. The Labute approximate surface area is 108 Å². The van der Waals surface area contributed by atoms with Gasteiger partial charge < -0.3 is 18.1 Å². The van der Waals surface area contributed by atoms with Crippen molar-refractivity contribution in [2.45, 2.75) is 65.0 Å². The van der Waals surface area contributed by atoms with Crippen molar-refractivity contribution in [2.24, 2.45) is 0 Å². The molecule has 0 N–H and O–H groups in total. The van der Waals surface area contributed by atoms with E-state index >= 15 is 0 Å². The molecule has 0 radical (unpaired) electrons. The lowest BCUT2D eigenvalue weighted by atomic mass is 10.2. The maximum atomic E-state index is 5.79. The van der Waals surface area contributed by atoms with Gasteiger partial charge in [-0.15, -0.1) is 0 Å². The van der Waals surface area contributed by atoms with E-state index in [1.807, 2.05) is 13.6 Å². The van der Waals surface area contributed by atoms with Crippen molar-refractivity contribution in [1.29, 1.82) is 0 Å². The maximum absolute atomic E-state index is 5.79. The normalized spacial score (nSPS) is 34.1. The van der Waals surface area contributed by atoms with Crippen LogP contribution in [0.15, 0.2) is 0 Å². The number of hydrogen-bond donors (Lipinski definition) is 0. The highest BCUT2D eigenvalue weighted by Gasteiger charge is 2.29. The fourth-order valence-corrected chi connectivity index (χ4v) is 3.62. The van der Waals surface area contributed by atoms with Crippen LogP contribution >= 0.6 is 17.4 Å². The van der Waals surface area contributed by atoms with E-state index in [1.165, 1.54) is 0 Å². The predicted octanol–water partition coefficient (Wildman–Crippen LogP) is 3.85. The van der Waals surface area contributed by atoms with Gasteiger partial charge in [-0.25, -0.2) is 0 Å². The van der Waals surface area contributed by atoms with E-state index < -0.39 is 8.60 Å². The van der Waals surface area contributed by atoms with E-state index in [-0.39, 0.29) is 24.4 Å². The van der Waals surface area contributed by atoms with E-state index in [1.54, 1.807) is 0 Å². The Bertz CT molecular complexity index is 208. The van der Waals surface area contributed by atoms with Crippen molar-refractivity contribution in [3.63, 3.8) is 0 Å². The molecule has 5 atom stereocenters. The van der Waals surface area contributed by atoms with E-state index in [4.69, 9.17) is 18.1 Å². The van der Waals surface area contributed by atoms with Gasteiger partial charge in [0.1, 0.15) is 0 Å². The molecule has 0 aromatic rings. The van der Waals surface area contributed by atoms with E-state index in [0.717, 1.165) is 12.8 Å². The zero-order chi connectivity index (χ0) is 12.8.